The first-order valence-electron chi connectivity index (χ1n) is 8.86. The minimum absolute atomic E-state index is 0.140. The molecule has 0 spiro atoms. The van der Waals surface area contributed by atoms with Gasteiger partial charge in [0.15, 0.2) is 0 Å². The fourth-order valence-corrected chi connectivity index (χ4v) is 3.12. The summed E-state index contributed by atoms with van der Waals surface area (Å²) in [5.41, 5.74) is 2.63. The van der Waals surface area contributed by atoms with Gasteiger partial charge in [0.2, 0.25) is 5.91 Å². The number of anilines is 3. The van der Waals surface area contributed by atoms with Crippen LogP contribution in [-0.2, 0) is 4.79 Å². The van der Waals surface area contributed by atoms with E-state index >= 15 is 0 Å². The molecule has 3 N–H and O–H groups in total. The van der Waals surface area contributed by atoms with Crippen molar-refractivity contribution in [2.45, 2.75) is 18.9 Å². The zero-order chi connectivity index (χ0) is 18.4. The molecule has 1 saturated heterocycles. The second kappa shape index (κ2) is 8.58. The van der Waals surface area contributed by atoms with Gasteiger partial charge in [-0.3, -0.25) is 4.79 Å². The number of ether oxygens (including phenoxy) is 1. The first-order chi connectivity index (χ1) is 12.7. The number of para-hydroxylation sites is 4. The molecule has 6 nitrogen and oxygen atoms in total. The summed E-state index contributed by atoms with van der Waals surface area (Å²) in [6, 6.07) is 15.3. The summed E-state index contributed by atoms with van der Waals surface area (Å²) in [5.74, 6) is 0.492. The van der Waals surface area contributed by atoms with Crippen LogP contribution in [0.15, 0.2) is 48.5 Å². The number of nitrogens with zero attached hydrogens (tertiary/aromatic N) is 1. The molecule has 0 aromatic heterocycles. The lowest BCUT2D eigenvalue weighted by Crippen LogP contribution is -2.36. The van der Waals surface area contributed by atoms with Gasteiger partial charge in [-0.2, -0.15) is 0 Å². The van der Waals surface area contributed by atoms with E-state index in [1.54, 1.807) is 7.11 Å². The topological polar surface area (TPSA) is 73.8 Å². The van der Waals surface area contributed by atoms with Crippen LogP contribution in [-0.4, -0.2) is 43.9 Å². The average molecular weight is 355 g/mol. The maximum Gasteiger partial charge on any atom is 0.243 e. The third-order valence-electron chi connectivity index (χ3n) is 4.53. The van der Waals surface area contributed by atoms with Crippen molar-refractivity contribution >= 4 is 23.0 Å². The van der Waals surface area contributed by atoms with Gasteiger partial charge in [-0.25, -0.2) is 0 Å². The molecule has 1 heterocycles. The number of amides is 1. The number of hydrogen-bond donors (Lipinski definition) is 3. The highest BCUT2D eigenvalue weighted by Crippen LogP contribution is 2.28. The zero-order valence-corrected chi connectivity index (χ0v) is 14.9. The molecule has 0 atom stereocenters. The number of hydrogen-bond acceptors (Lipinski definition) is 5. The fourth-order valence-electron chi connectivity index (χ4n) is 3.12. The summed E-state index contributed by atoms with van der Waals surface area (Å²) >= 11 is 0. The summed E-state index contributed by atoms with van der Waals surface area (Å²) < 4.78 is 5.25. The second-order valence-electron chi connectivity index (χ2n) is 6.34. The lowest BCUT2D eigenvalue weighted by atomic mass is 10.1. The number of aliphatic hydroxyl groups is 1. The Morgan fingerprint density at radius 2 is 1.77 bits per heavy atom. The maximum absolute atomic E-state index is 12.3. The molecular weight excluding hydrogens is 330 g/mol. The molecular formula is C20H25N3O3. The van der Waals surface area contributed by atoms with Gasteiger partial charge < -0.3 is 25.4 Å². The second-order valence-corrected chi connectivity index (χ2v) is 6.34. The molecule has 1 fully saturated rings. The SMILES string of the molecule is COc1ccccc1NC(=O)CNc1ccccc1N1CCC(O)CC1. The molecule has 3 rings (SSSR count). The van der Waals surface area contributed by atoms with Crippen LogP contribution in [0.25, 0.3) is 0 Å². The van der Waals surface area contributed by atoms with Gasteiger partial charge in [0.25, 0.3) is 0 Å². The van der Waals surface area contributed by atoms with Crippen LogP contribution in [0, 0.1) is 0 Å². The molecule has 138 valence electrons. The van der Waals surface area contributed by atoms with Gasteiger partial charge in [0.05, 0.1) is 36.8 Å². The van der Waals surface area contributed by atoms with Gasteiger partial charge in [0, 0.05) is 13.1 Å². The van der Waals surface area contributed by atoms with Crippen LogP contribution < -0.4 is 20.3 Å². The molecule has 0 bridgehead atoms. The quantitative estimate of drug-likeness (QED) is 0.743. The van der Waals surface area contributed by atoms with Crippen LogP contribution >= 0.6 is 0 Å². The van der Waals surface area contributed by atoms with Gasteiger partial charge in [0.1, 0.15) is 5.75 Å². The van der Waals surface area contributed by atoms with E-state index in [-0.39, 0.29) is 18.6 Å². The fraction of sp³-hybridized carbons (Fsp3) is 0.350. The van der Waals surface area contributed by atoms with E-state index < -0.39 is 0 Å². The smallest absolute Gasteiger partial charge is 0.243 e. The van der Waals surface area contributed by atoms with Gasteiger partial charge in [-0.05, 0) is 37.1 Å². The van der Waals surface area contributed by atoms with Gasteiger partial charge in [-0.1, -0.05) is 24.3 Å². The third kappa shape index (κ3) is 4.46. The van der Waals surface area contributed by atoms with E-state index in [2.05, 4.69) is 15.5 Å². The van der Waals surface area contributed by atoms with Crippen molar-refractivity contribution in [1.82, 2.24) is 0 Å². The predicted molar refractivity (Wildman–Crippen MR) is 104 cm³/mol. The Kier molecular flexibility index (Phi) is 5.96. The van der Waals surface area contributed by atoms with Crippen molar-refractivity contribution in [2.75, 3.05) is 42.3 Å². The van der Waals surface area contributed by atoms with E-state index in [9.17, 15) is 9.90 Å². The molecule has 1 amide bonds. The summed E-state index contributed by atoms with van der Waals surface area (Å²) in [6.45, 7) is 1.78. The Morgan fingerprint density at radius 1 is 1.12 bits per heavy atom. The Balaban J connectivity index is 1.62. The summed E-state index contributed by atoms with van der Waals surface area (Å²) in [5, 5.41) is 15.8. The standard InChI is InChI=1S/C20H25N3O3/c1-26-19-9-5-3-7-17(19)22-20(25)14-21-16-6-2-4-8-18(16)23-12-10-15(24)11-13-23/h2-9,15,21,24H,10-14H2,1H3,(H,22,25). The number of benzene rings is 2. The van der Waals surface area contributed by atoms with Crippen LogP contribution in [0.1, 0.15) is 12.8 Å². The average Bonchev–Trinajstić information content (AvgIpc) is 2.68. The highest BCUT2D eigenvalue weighted by atomic mass is 16.5. The summed E-state index contributed by atoms with van der Waals surface area (Å²) in [6.07, 6.45) is 1.32. The molecule has 0 aliphatic carbocycles. The van der Waals surface area contributed by atoms with Gasteiger partial charge in [-0.15, -0.1) is 0 Å². The minimum Gasteiger partial charge on any atom is -0.495 e. The predicted octanol–water partition coefficient (Wildman–Crippen LogP) is 2.71. The van der Waals surface area contributed by atoms with Crippen LogP contribution in [0.5, 0.6) is 5.75 Å². The van der Waals surface area contributed by atoms with Crippen molar-refractivity contribution in [2.24, 2.45) is 0 Å². The van der Waals surface area contributed by atoms with E-state index in [4.69, 9.17) is 4.74 Å². The number of nitrogens with one attached hydrogen (secondary N) is 2. The molecule has 2 aromatic carbocycles. The Labute approximate surface area is 153 Å². The maximum atomic E-state index is 12.3. The number of aliphatic hydroxyl groups excluding tert-OH is 1. The first kappa shape index (κ1) is 18.1. The number of piperidine rings is 1. The Bertz CT molecular complexity index is 743. The minimum atomic E-state index is -0.210. The number of carbonyl (C=O) groups is 1. The van der Waals surface area contributed by atoms with Gasteiger partial charge >= 0.3 is 0 Å². The molecule has 0 radical (unpaired) electrons. The number of rotatable bonds is 6. The van der Waals surface area contributed by atoms with Crippen molar-refractivity contribution < 1.29 is 14.6 Å². The van der Waals surface area contributed by atoms with E-state index in [1.807, 2.05) is 48.5 Å². The lowest BCUT2D eigenvalue weighted by Gasteiger charge is -2.32. The molecule has 2 aromatic rings. The number of methoxy groups -OCH3 is 1. The van der Waals surface area contributed by atoms with Crippen LogP contribution in [0.2, 0.25) is 0 Å². The Morgan fingerprint density at radius 3 is 2.50 bits per heavy atom. The van der Waals surface area contributed by atoms with E-state index in [1.165, 1.54) is 0 Å². The van der Waals surface area contributed by atoms with E-state index in [0.29, 0.717) is 11.4 Å². The Hall–Kier alpha value is -2.73. The summed E-state index contributed by atoms with van der Waals surface area (Å²) in [4.78, 5) is 14.6. The van der Waals surface area contributed by atoms with Crippen molar-refractivity contribution in [3.05, 3.63) is 48.5 Å². The molecule has 0 unspecified atom stereocenters. The highest BCUT2D eigenvalue weighted by Gasteiger charge is 2.19. The molecule has 6 heteroatoms. The van der Waals surface area contributed by atoms with Crippen molar-refractivity contribution in [1.29, 1.82) is 0 Å². The molecule has 1 aliphatic heterocycles. The number of carbonyl (C=O) groups excluding carboxylic acids is 1. The first-order valence-corrected chi connectivity index (χ1v) is 8.86. The normalized spacial score (nSPS) is 14.8. The highest BCUT2D eigenvalue weighted by molar-refractivity contribution is 5.95. The molecule has 0 saturated carbocycles. The molecule has 1 aliphatic rings. The zero-order valence-electron chi connectivity index (χ0n) is 14.9. The van der Waals surface area contributed by atoms with E-state index in [0.717, 1.165) is 37.3 Å². The van der Waals surface area contributed by atoms with Crippen LogP contribution in [0.3, 0.4) is 0 Å². The monoisotopic (exact) mass is 355 g/mol. The third-order valence-corrected chi connectivity index (χ3v) is 4.53. The molecule has 26 heavy (non-hydrogen) atoms. The largest absolute Gasteiger partial charge is 0.495 e. The lowest BCUT2D eigenvalue weighted by molar-refractivity contribution is -0.114. The van der Waals surface area contributed by atoms with Crippen LogP contribution in [0.4, 0.5) is 17.1 Å². The van der Waals surface area contributed by atoms with Crippen molar-refractivity contribution in [3.8, 4) is 5.75 Å². The van der Waals surface area contributed by atoms with Crippen molar-refractivity contribution in [3.63, 3.8) is 0 Å². The summed E-state index contributed by atoms with van der Waals surface area (Å²) in [7, 11) is 1.58.